The van der Waals surface area contributed by atoms with Gasteiger partial charge in [-0.15, -0.1) is 6.58 Å². The van der Waals surface area contributed by atoms with E-state index in [9.17, 15) is 4.79 Å². The minimum Gasteiger partial charge on any atom is -0.481 e. The van der Waals surface area contributed by atoms with Gasteiger partial charge in [-0.25, -0.2) is 0 Å². The first kappa shape index (κ1) is 7.88. The molecule has 0 aromatic rings. The molecule has 0 amide bonds. The highest BCUT2D eigenvalue weighted by molar-refractivity contribution is 5.87. The van der Waals surface area contributed by atoms with Crippen molar-refractivity contribution in [1.82, 2.24) is 0 Å². The highest BCUT2D eigenvalue weighted by Crippen LogP contribution is 1.98. The summed E-state index contributed by atoms with van der Waals surface area (Å²) in [6.07, 6.45) is 2.73. The zero-order valence-electron chi connectivity index (χ0n) is 5.00. The number of carboxylic acid groups (broad SMARTS) is 1. The molecule has 0 radical (unpaired) electrons. The first-order valence-electron chi connectivity index (χ1n) is 2.56. The van der Waals surface area contributed by atoms with Crippen LogP contribution in [0.25, 0.3) is 0 Å². The fraction of sp³-hybridized carbons (Fsp3) is 0.333. The van der Waals surface area contributed by atoms with E-state index in [4.69, 9.17) is 10.5 Å². The van der Waals surface area contributed by atoms with Gasteiger partial charge < -0.3 is 10.5 Å². The summed E-state index contributed by atoms with van der Waals surface area (Å²) < 4.78 is 0. The Morgan fingerprint density at radius 3 is 2.56 bits per heavy atom. The Bertz CT molecular complexity index is 131. The van der Waals surface area contributed by atoms with Gasteiger partial charge in [0.25, 0.3) is 0 Å². The summed E-state index contributed by atoms with van der Waals surface area (Å²) in [5, 5.41) is 14.9. The SMILES string of the molecule is C=CCC(C=N)C(=O)O. The summed E-state index contributed by atoms with van der Waals surface area (Å²) in [7, 11) is 0. The molecule has 0 aromatic heterocycles. The van der Waals surface area contributed by atoms with Gasteiger partial charge in [-0.3, -0.25) is 4.79 Å². The van der Waals surface area contributed by atoms with E-state index in [0.29, 0.717) is 6.42 Å². The number of hydrogen-bond donors (Lipinski definition) is 2. The van der Waals surface area contributed by atoms with Crippen LogP contribution in [0.5, 0.6) is 0 Å². The third-order valence-electron chi connectivity index (χ3n) is 0.939. The number of aliphatic carboxylic acids is 1. The summed E-state index contributed by atoms with van der Waals surface area (Å²) in [5.41, 5.74) is 0. The van der Waals surface area contributed by atoms with Crippen molar-refractivity contribution in [2.45, 2.75) is 6.42 Å². The van der Waals surface area contributed by atoms with Gasteiger partial charge in [-0.2, -0.15) is 0 Å². The molecule has 0 aliphatic heterocycles. The number of rotatable bonds is 4. The Labute approximate surface area is 53.5 Å². The van der Waals surface area contributed by atoms with Crippen LogP contribution in [0.1, 0.15) is 6.42 Å². The quantitative estimate of drug-likeness (QED) is 0.435. The molecule has 3 nitrogen and oxygen atoms in total. The van der Waals surface area contributed by atoms with E-state index in [-0.39, 0.29) is 0 Å². The van der Waals surface area contributed by atoms with E-state index in [2.05, 4.69) is 6.58 Å². The zero-order chi connectivity index (χ0) is 7.28. The molecule has 0 heterocycles. The average molecular weight is 127 g/mol. The number of carbonyl (C=O) groups is 1. The molecule has 0 spiro atoms. The van der Waals surface area contributed by atoms with Crippen molar-refractivity contribution in [2.75, 3.05) is 0 Å². The summed E-state index contributed by atoms with van der Waals surface area (Å²) in [5.74, 6) is -1.66. The normalized spacial score (nSPS) is 12.0. The lowest BCUT2D eigenvalue weighted by molar-refractivity contribution is -0.139. The molecule has 3 heteroatoms. The first-order chi connectivity index (χ1) is 4.22. The van der Waals surface area contributed by atoms with Gasteiger partial charge in [-0.1, -0.05) is 6.08 Å². The first-order valence-corrected chi connectivity index (χ1v) is 2.56. The summed E-state index contributed by atoms with van der Waals surface area (Å²) >= 11 is 0. The van der Waals surface area contributed by atoms with Crippen LogP contribution < -0.4 is 0 Å². The molecular formula is C6H9NO2. The van der Waals surface area contributed by atoms with Crippen molar-refractivity contribution in [2.24, 2.45) is 5.92 Å². The number of nitrogens with one attached hydrogen (secondary N) is 1. The highest BCUT2D eigenvalue weighted by atomic mass is 16.4. The second kappa shape index (κ2) is 3.83. The maximum absolute atomic E-state index is 10.1. The molecule has 0 bridgehead atoms. The molecule has 0 aliphatic rings. The van der Waals surface area contributed by atoms with Crippen LogP contribution in [-0.4, -0.2) is 17.3 Å². The van der Waals surface area contributed by atoms with E-state index < -0.39 is 11.9 Å². The molecule has 1 atom stereocenters. The van der Waals surface area contributed by atoms with Crippen molar-refractivity contribution in [3.05, 3.63) is 12.7 Å². The van der Waals surface area contributed by atoms with Gasteiger partial charge in [0, 0.05) is 6.21 Å². The highest BCUT2D eigenvalue weighted by Gasteiger charge is 2.10. The molecule has 0 fully saturated rings. The fourth-order valence-electron chi connectivity index (χ4n) is 0.420. The second-order valence-corrected chi connectivity index (χ2v) is 1.64. The minimum atomic E-state index is -0.968. The van der Waals surface area contributed by atoms with E-state index in [1.165, 1.54) is 6.08 Å². The Kier molecular flexibility index (Phi) is 3.35. The van der Waals surface area contributed by atoms with E-state index in [0.717, 1.165) is 6.21 Å². The molecule has 1 unspecified atom stereocenters. The minimum absolute atomic E-state index is 0.332. The van der Waals surface area contributed by atoms with Gasteiger partial charge in [0.1, 0.15) is 0 Å². The lowest BCUT2D eigenvalue weighted by Gasteiger charge is -1.98. The molecule has 0 saturated heterocycles. The Hall–Kier alpha value is -1.12. The van der Waals surface area contributed by atoms with Crippen LogP contribution in [0.2, 0.25) is 0 Å². The lowest BCUT2D eigenvalue weighted by Crippen LogP contribution is -2.13. The Morgan fingerprint density at radius 1 is 1.89 bits per heavy atom. The third kappa shape index (κ3) is 2.64. The standard InChI is InChI=1S/C6H9NO2/c1-2-3-5(4-7)6(8)9/h2,4-5,7H,1,3H2,(H,8,9). The van der Waals surface area contributed by atoms with Crippen molar-refractivity contribution < 1.29 is 9.90 Å². The second-order valence-electron chi connectivity index (χ2n) is 1.64. The van der Waals surface area contributed by atoms with Crippen molar-refractivity contribution in [3.8, 4) is 0 Å². The molecular weight excluding hydrogens is 118 g/mol. The van der Waals surface area contributed by atoms with Gasteiger partial charge in [0.15, 0.2) is 0 Å². The van der Waals surface area contributed by atoms with Crippen LogP contribution >= 0.6 is 0 Å². The van der Waals surface area contributed by atoms with E-state index in [1.807, 2.05) is 0 Å². The van der Waals surface area contributed by atoms with Crippen LogP contribution in [0.4, 0.5) is 0 Å². The van der Waals surface area contributed by atoms with Gasteiger partial charge in [0.05, 0.1) is 5.92 Å². The smallest absolute Gasteiger partial charge is 0.312 e. The maximum atomic E-state index is 10.1. The Balaban J connectivity index is 3.81. The molecule has 9 heavy (non-hydrogen) atoms. The number of carboxylic acids is 1. The van der Waals surface area contributed by atoms with Crippen LogP contribution in [-0.2, 0) is 4.79 Å². The predicted octanol–water partition coefficient (Wildman–Crippen LogP) is 0.913. The van der Waals surface area contributed by atoms with Crippen LogP contribution in [0, 0.1) is 11.3 Å². The molecule has 50 valence electrons. The van der Waals surface area contributed by atoms with Crippen molar-refractivity contribution in [1.29, 1.82) is 5.41 Å². The predicted molar refractivity (Wildman–Crippen MR) is 34.7 cm³/mol. The number of allylic oxidation sites excluding steroid dienone is 1. The lowest BCUT2D eigenvalue weighted by atomic mass is 10.1. The van der Waals surface area contributed by atoms with Crippen molar-refractivity contribution >= 4 is 12.2 Å². The monoisotopic (exact) mass is 127 g/mol. The van der Waals surface area contributed by atoms with E-state index in [1.54, 1.807) is 0 Å². The van der Waals surface area contributed by atoms with Crippen LogP contribution in [0.3, 0.4) is 0 Å². The van der Waals surface area contributed by atoms with Gasteiger partial charge >= 0.3 is 5.97 Å². The molecule has 0 saturated carbocycles. The fourth-order valence-corrected chi connectivity index (χ4v) is 0.420. The summed E-state index contributed by atoms with van der Waals surface area (Å²) in [6, 6.07) is 0. The molecule has 0 rings (SSSR count). The van der Waals surface area contributed by atoms with E-state index >= 15 is 0 Å². The zero-order valence-corrected chi connectivity index (χ0v) is 5.00. The molecule has 2 N–H and O–H groups in total. The largest absolute Gasteiger partial charge is 0.481 e. The summed E-state index contributed by atoms with van der Waals surface area (Å²) in [6.45, 7) is 3.36. The van der Waals surface area contributed by atoms with Gasteiger partial charge in [-0.05, 0) is 6.42 Å². The average Bonchev–Trinajstić information content (AvgIpc) is 1.82. The summed E-state index contributed by atoms with van der Waals surface area (Å²) in [4.78, 5) is 10.1. The Morgan fingerprint density at radius 2 is 2.44 bits per heavy atom. The topological polar surface area (TPSA) is 61.2 Å². The molecule has 0 aromatic carbocycles. The number of hydrogen-bond acceptors (Lipinski definition) is 2. The third-order valence-corrected chi connectivity index (χ3v) is 0.939. The molecule has 0 aliphatic carbocycles. The maximum Gasteiger partial charge on any atom is 0.312 e. The van der Waals surface area contributed by atoms with Gasteiger partial charge in [0.2, 0.25) is 0 Å². The van der Waals surface area contributed by atoms with Crippen LogP contribution in [0.15, 0.2) is 12.7 Å². The van der Waals surface area contributed by atoms with Crippen molar-refractivity contribution in [3.63, 3.8) is 0 Å².